The van der Waals surface area contributed by atoms with Crippen LogP contribution in [0.25, 0.3) is 0 Å². The zero-order valence-electron chi connectivity index (χ0n) is 9.61. The number of aromatic carboxylic acids is 1. The van der Waals surface area contributed by atoms with Crippen molar-refractivity contribution in [2.24, 2.45) is 0 Å². The highest BCUT2D eigenvalue weighted by atomic mass is 16.8. The van der Waals surface area contributed by atoms with Crippen LogP contribution < -0.4 is 0 Å². The normalized spacial score (nSPS) is 29.1. The lowest BCUT2D eigenvalue weighted by molar-refractivity contribution is -0.156. The van der Waals surface area contributed by atoms with Crippen LogP contribution in [-0.2, 0) is 19.0 Å². The summed E-state index contributed by atoms with van der Waals surface area (Å²) in [4.78, 5) is 22.2. The summed E-state index contributed by atoms with van der Waals surface area (Å²) < 4.78 is 15.6. The summed E-state index contributed by atoms with van der Waals surface area (Å²) in [5.41, 5.74) is 0.182. The van der Waals surface area contributed by atoms with Gasteiger partial charge in [-0.05, 0) is 12.1 Å². The average molecular weight is 266 g/mol. The number of ether oxygens (including phenoxy) is 3. The number of carbonyl (C=O) groups is 2. The lowest BCUT2D eigenvalue weighted by Gasteiger charge is -2.12. The van der Waals surface area contributed by atoms with E-state index in [2.05, 4.69) is 0 Å². The van der Waals surface area contributed by atoms with Crippen LogP contribution in [0.5, 0.6) is 5.75 Å². The van der Waals surface area contributed by atoms with Gasteiger partial charge in [-0.15, -0.1) is 0 Å². The van der Waals surface area contributed by atoms with E-state index in [1.165, 1.54) is 18.2 Å². The van der Waals surface area contributed by atoms with Gasteiger partial charge >= 0.3 is 11.9 Å². The van der Waals surface area contributed by atoms with E-state index in [0.29, 0.717) is 5.56 Å². The van der Waals surface area contributed by atoms with E-state index >= 15 is 0 Å². The summed E-state index contributed by atoms with van der Waals surface area (Å²) in [5.74, 6) is -2.07. The molecule has 0 aliphatic carbocycles. The third-order valence-corrected chi connectivity index (χ3v) is 3.05. The topological polar surface area (TPSA) is 102 Å². The van der Waals surface area contributed by atoms with Crippen molar-refractivity contribution >= 4 is 11.9 Å². The van der Waals surface area contributed by atoms with E-state index in [1.54, 1.807) is 0 Å². The van der Waals surface area contributed by atoms with Crippen LogP contribution in [0.1, 0.15) is 22.2 Å². The Morgan fingerprint density at radius 1 is 1.32 bits per heavy atom. The molecule has 2 saturated heterocycles. The molecular formula is C12H10O7. The molecule has 2 N–H and O–H groups in total. The number of hydrogen-bond donors (Lipinski definition) is 2. The van der Waals surface area contributed by atoms with Crippen LogP contribution in [-0.4, -0.2) is 41.0 Å². The molecule has 7 heteroatoms. The van der Waals surface area contributed by atoms with Crippen LogP contribution in [0, 0.1) is 0 Å². The zero-order chi connectivity index (χ0) is 13.6. The Kier molecular flexibility index (Phi) is 2.65. The van der Waals surface area contributed by atoms with Crippen LogP contribution in [0.15, 0.2) is 18.2 Å². The minimum Gasteiger partial charge on any atom is -0.507 e. The van der Waals surface area contributed by atoms with Gasteiger partial charge in [0.2, 0.25) is 0 Å². The maximum absolute atomic E-state index is 11.3. The Balaban J connectivity index is 1.86. The van der Waals surface area contributed by atoms with Gasteiger partial charge in [-0.2, -0.15) is 0 Å². The number of carboxylic acids is 1. The van der Waals surface area contributed by atoms with E-state index in [1.807, 2.05) is 0 Å². The molecule has 2 fully saturated rings. The highest BCUT2D eigenvalue weighted by Crippen LogP contribution is 2.36. The van der Waals surface area contributed by atoms with Crippen molar-refractivity contribution in [2.45, 2.75) is 18.5 Å². The Bertz CT molecular complexity index is 553. The van der Waals surface area contributed by atoms with Crippen molar-refractivity contribution in [3.8, 4) is 5.75 Å². The molecule has 19 heavy (non-hydrogen) atoms. The molecule has 2 aliphatic heterocycles. The third-order valence-electron chi connectivity index (χ3n) is 3.05. The fourth-order valence-corrected chi connectivity index (χ4v) is 2.09. The lowest BCUT2D eigenvalue weighted by atomic mass is 10.1. The highest BCUT2D eigenvalue weighted by molar-refractivity contribution is 5.91. The zero-order valence-corrected chi connectivity index (χ0v) is 9.61. The van der Waals surface area contributed by atoms with Crippen molar-refractivity contribution in [3.05, 3.63) is 29.3 Å². The van der Waals surface area contributed by atoms with Crippen LogP contribution >= 0.6 is 0 Å². The smallest absolute Gasteiger partial charge is 0.339 e. The number of carbonyl (C=O) groups excluding carboxylic acids is 1. The third kappa shape index (κ3) is 1.92. The van der Waals surface area contributed by atoms with Crippen molar-refractivity contribution < 1.29 is 34.0 Å². The molecule has 1 aromatic carbocycles. The van der Waals surface area contributed by atoms with E-state index in [-0.39, 0.29) is 17.9 Å². The standard InChI is InChI=1S/C12H10O7/c13-7-2-1-5(3-6(7)10(14)15)12-18-8-4-17-11(16)9(8)19-12/h1-3,8-9,12-13H,4H2,(H,14,15). The predicted molar refractivity (Wildman–Crippen MR) is 58.5 cm³/mol. The van der Waals surface area contributed by atoms with Gasteiger partial charge in [-0.3, -0.25) is 0 Å². The van der Waals surface area contributed by atoms with Crippen molar-refractivity contribution in [3.63, 3.8) is 0 Å². The molecule has 3 unspecified atom stereocenters. The highest BCUT2D eigenvalue weighted by Gasteiger charge is 2.47. The number of cyclic esters (lactones) is 1. The molecule has 3 rings (SSSR count). The van der Waals surface area contributed by atoms with Gasteiger partial charge in [0, 0.05) is 5.56 Å². The first-order valence-electron chi connectivity index (χ1n) is 5.60. The van der Waals surface area contributed by atoms with Gasteiger partial charge < -0.3 is 24.4 Å². The number of rotatable bonds is 2. The molecule has 0 radical (unpaired) electrons. The Morgan fingerprint density at radius 2 is 2.11 bits per heavy atom. The molecule has 3 atom stereocenters. The summed E-state index contributed by atoms with van der Waals surface area (Å²) in [6.07, 6.45) is -2.08. The average Bonchev–Trinajstić information content (AvgIpc) is 2.92. The minimum absolute atomic E-state index is 0.129. The van der Waals surface area contributed by atoms with Crippen LogP contribution in [0.4, 0.5) is 0 Å². The Labute approximate surface area is 107 Å². The molecule has 100 valence electrons. The second-order valence-corrected chi connectivity index (χ2v) is 4.27. The number of aromatic hydroxyl groups is 1. The van der Waals surface area contributed by atoms with Gasteiger partial charge in [-0.1, -0.05) is 6.07 Å². The predicted octanol–water partition coefficient (Wildman–Crippen LogP) is 0.430. The number of hydrogen-bond acceptors (Lipinski definition) is 6. The van der Waals surface area contributed by atoms with E-state index in [4.69, 9.17) is 19.3 Å². The monoisotopic (exact) mass is 266 g/mol. The van der Waals surface area contributed by atoms with Gasteiger partial charge in [0.05, 0.1) is 0 Å². The second kappa shape index (κ2) is 4.22. The molecule has 2 heterocycles. The number of phenols is 1. The summed E-state index contributed by atoms with van der Waals surface area (Å²) in [7, 11) is 0. The molecule has 0 spiro atoms. The molecule has 0 amide bonds. The van der Waals surface area contributed by atoms with Gasteiger partial charge in [0.1, 0.15) is 24.0 Å². The van der Waals surface area contributed by atoms with E-state index in [9.17, 15) is 14.7 Å². The molecule has 0 saturated carbocycles. The second-order valence-electron chi connectivity index (χ2n) is 4.27. The number of carboxylic acid groups (broad SMARTS) is 1. The molecule has 0 bridgehead atoms. The largest absolute Gasteiger partial charge is 0.507 e. The first-order chi connectivity index (χ1) is 9.06. The SMILES string of the molecule is O=C(O)c1cc(C2OC3COC(=O)C3O2)ccc1O. The fraction of sp³-hybridized carbons (Fsp3) is 0.333. The van der Waals surface area contributed by atoms with Gasteiger partial charge in [0.15, 0.2) is 12.4 Å². The first-order valence-corrected chi connectivity index (χ1v) is 5.60. The molecule has 0 aromatic heterocycles. The number of benzene rings is 1. The van der Waals surface area contributed by atoms with E-state index in [0.717, 1.165) is 0 Å². The first kappa shape index (κ1) is 11.9. The maximum atomic E-state index is 11.3. The number of fused-ring (bicyclic) bond motifs is 1. The summed E-state index contributed by atoms with van der Waals surface area (Å²) in [5, 5.41) is 18.3. The summed E-state index contributed by atoms with van der Waals surface area (Å²) >= 11 is 0. The molecule has 1 aromatic rings. The summed E-state index contributed by atoms with van der Waals surface area (Å²) in [6.45, 7) is 0.129. The maximum Gasteiger partial charge on any atom is 0.339 e. The minimum atomic E-state index is -1.25. The van der Waals surface area contributed by atoms with Crippen LogP contribution in [0.2, 0.25) is 0 Å². The number of esters is 1. The lowest BCUT2D eigenvalue weighted by Crippen LogP contribution is -2.22. The quantitative estimate of drug-likeness (QED) is 0.748. The van der Waals surface area contributed by atoms with Crippen LogP contribution in [0.3, 0.4) is 0 Å². The molecule has 2 aliphatic rings. The fourth-order valence-electron chi connectivity index (χ4n) is 2.09. The Morgan fingerprint density at radius 3 is 2.79 bits per heavy atom. The van der Waals surface area contributed by atoms with Crippen molar-refractivity contribution in [1.29, 1.82) is 0 Å². The van der Waals surface area contributed by atoms with Gasteiger partial charge in [0.25, 0.3) is 0 Å². The van der Waals surface area contributed by atoms with E-state index < -0.39 is 30.4 Å². The Hall–Kier alpha value is -2.12. The van der Waals surface area contributed by atoms with Crippen molar-refractivity contribution in [2.75, 3.05) is 6.61 Å². The summed E-state index contributed by atoms with van der Waals surface area (Å²) in [6, 6.07) is 3.99. The molecular weight excluding hydrogens is 256 g/mol. The van der Waals surface area contributed by atoms with Crippen molar-refractivity contribution in [1.82, 2.24) is 0 Å². The van der Waals surface area contributed by atoms with Gasteiger partial charge in [-0.25, -0.2) is 9.59 Å². The molecule has 7 nitrogen and oxygen atoms in total.